The van der Waals surface area contributed by atoms with E-state index in [-0.39, 0.29) is 6.61 Å². The molecule has 1 amide bonds. The van der Waals surface area contributed by atoms with Gasteiger partial charge in [0.15, 0.2) is 13.2 Å². The molecule has 1 aromatic carbocycles. The molecule has 24 heavy (non-hydrogen) atoms. The molecule has 1 aromatic rings. The van der Waals surface area contributed by atoms with Crippen LogP contribution >= 0.6 is 27.5 Å². The summed E-state index contributed by atoms with van der Waals surface area (Å²) in [5, 5.41) is 12.4. The first-order valence-electron chi connectivity index (χ1n) is 7.40. The van der Waals surface area contributed by atoms with Crippen molar-refractivity contribution in [2.24, 2.45) is 0 Å². The molecular formula is C16H16BrClN2O4. The first-order valence-corrected chi connectivity index (χ1v) is 8.57. The lowest BCUT2D eigenvalue weighted by Crippen LogP contribution is -2.46. The van der Waals surface area contributed by atoms with E-state index in [0.717, 1.165) is 12.8 Å². The van der Waals surface area contributed by atoms with Crippen LogP contribution in [0.4, 0.5) is 0 Å². The van der Waals surface area contributed by atoms with Gasteiger partial charge in [0.1, 0.15) is 11.3 Å². The van der Waals surface area contributed by atoms with E-state index in [2.05, 4.69) is 27.3 Å². The lowest BCUT2D eigenvalue weighted by atomic mass is 10.00. The summed E-state index contributed by atoms with van der Waals surface area (Å²) in [6.45, 7) is -0.773. The molecule has 8 heteroatoms. The number of nitrogens with zero attached hydrogens (tertiary/aromatic N) is 1. The third-order valence-electron chi connectivity index (χ3n) is 3.65. The van der Waals surface area contributed by atoms with Gasteiger partial charge in [-0.25, -0.2) is 4.79 Å². The van der Waals surface area contributed by atoms with E-state index in [0.29, 0.717) is 28.1 Å². The number of hydrogen-bond acceptors (Lipinski definition) is 5. The highest BCUT2D eigenvalue weighted by atomic mass is 79.9. The summed E-state index contributed by atoms with van der Waals surface area (Å²) in [4.78, 5) is 23.5. The lowest BCUT2D eigenvalue weighted by Gasteiger charge is -2.21. The molecule has 0 saturated heterocycles. The number of carbonyl (C=O) groups excluding carboxylic acids is 2. The van der Waals surface area contributed by atoms with Crippen molar-refractivity contribution in [1.29, 1.82) is 5.26 Å². The van der Waals surface area contributed by atoms with Gasteiger partial charge in [-0.3, -0.25) is 4.79 Å². The predicted molar refractivity (Wildman–Crippen MR) is 90.6 cm³/mol. The van der Waals surface area contributed by atoms with Crippen LogP contribution in [0.25, 0.3) is 0 Å². The van der Waals surface area contributed by atoms with Gasteiger partial charge in [-0.05, 0) is 59.8 Å². The first-order chi connectivity index (χ1) is 11.4. The minimum Gasteiger partial charge on any atom is -0.481 e. The molecule has 1 aliphatic carbocycles. The zero-order valence-electron chi connectivity index (χ0n) is 12.8. The zero-order valence-corrected chi connectivity index (χ0v) is 15.2. The highest BCUT2D eigenvalue weighted by Crippen LogP contribution is 2.29. The van der Waals surface area contributed by atoms with Crippen molar-refractivity contribution in [3.63, 3.8) is 0 Å². The Bertz CT molecular complexity index is 669. The number of nitrogens with one attached hydrogen (secondary N) is 1. The highest BCUT2D eigenvalue weighted by molar-refractivity contribution is 9.10. The zero-order chi connectivity index (χ0) is 17.6. The summed E-state index contributed by atoms with van der Waals surface area (Å²) in [7, 11) is 0. The minimum atomic E-state index is -0.825. The molecule has 0 atom stereocenters. The monoisotopic (exact) mass is 414 g/mol. The Morgan fingerprint density at radius 3 is 2.67 bits per heavy atom. The number of rotatable bonds is 6. The lowest BCUT2D eigenvalue weighted by molar-refractivity contribution is -0.150. The molecule has 1 fully saturated rings. The van der Waals surface area contributed by atoms with E-state index in [4.69, 9.17) is 21.1 Å². The quantitative estimate of drug-likeness (QED) is 0.722. The molecule has 1 N–H and O–H groups in total. The van der Waals surface area contributed by atoms with E-state index in [1.165, 1.54) is 0 Å². The number of esters is 1. The topological polar surface area (TPSA) is 88.4 Å². The van der Waals surface area contributed by atoms with Crippen LogP contribution in [-0.4, -0.2) is 30.6 Å². The van der Waals surface area contributed by atoms with E-state index in [1.54, 1.807) is 18.2 Å². The Kier molecular flexibility index (Phi) is 6.46. The average molecular weight is 416 g/mol. The fourth-order valence-electron chi connectivity index (χ4n) is 2.46. The van der Waals surface area contributed by atoms with Crippen LogP contribution in [0.2, 0.25) is 5.02 Å². The Morgan fingerprint density at radius 2 is 2.04 bits per heavy atom. The predicted octanol–water partition coefficient (Wildman–Crippen LogP) is 2.98. The number of nitriles is 1. The third kappa shape index (κ3) is 5.11. The fourth-order valence-corrected chi connectivity index (χ4v) is 3.26. The second kappa shape index (κ2) is 8.36. The summed E-state index contributed by atoms with van der Waals surface area (Å²) in [5.41, 5.74) is -0.825. The Morgan fingerprint density at radius 1 is 1.33 bits per heavy atom. The number of amides is 1. The van der Waals surface area contributed by atoms with E-state index in [1.807, 2.05) is 0 Å². The van der Waals surface area contributed by atoms with Crippen molar-refractivity contribution in [3.05, 3.63) is 27.7 Å². The number of halogens is 2. The van der Waals surface area contributed by atoms with Crippen molar-refractivity contribution in [1.82, 2.24) is 5.32 Å². The molecule has 1 aliphatic rings. The summed E-state index contributed by atoms with van der Waals surface area (Å²) < 4.78 is 10.8. The minimum absolute atomic E-state index is 0.336. The molecular weight excluding hydrogens is 400 g/mol. The highest BCUT2D eigenvalue weighted by Gasteiger charge is 2.35. The second-order valence-electron chi connectivity index (χ2n) is 5.47. The van der Waals surface area contributed by atoms with Crippen LogP contribution in [-0.2, 0) is 14.3 Å². The maximum Gasteiger partial charge on any atom is 0.344 e. The molecule has 0 spiro atoms. The first kappa shape index (κ1) is 18.6. The molecule has 2 rings (SSSR count). The van der Waals surface area contributed by atoms with Gasteiger partial charge in [-0.2, -0.15) is 5.26 Å². The summed E-state index contributed by atoms with van der Waals surface area (Å²) in [5.74, 6) is -0.723. The molecule has 0 radical (unpaired) electrons. The molecule has 0 heterocycles. The third-order valence-corrected chi connectivity index (χ3v) is 4.51. The molecule has 128 valence electrons. The van der Waals surface area contributed by atoms with E-state index in [9.17, 15) is 14.9 Å². The van der Waals surface area contributed by atoms with Gasteiger partial charge in [0.05, 0.1) is 10.5 Å². The molecule has 0 aliphatic heterocycles. The summed E-state index contributed by atoms with van der Waals surface area (Å²) in [6.07, 6.45) is 3.04. The standard InChI is InChI=1S/C16H16BrClN2O4/c17-12-7-11(18)3-4-13(12)23-9-15(22)24-8-14(21)20-16(10-19)5-1-2-6-16/h3-4,7H,1-2,5-6,8-9H2,(H,20,21). The largest absolute Gasteiger partial charge is 0.481 e. The SMILES string of the molecule is N#CC1(NC(=O)COC(=O)COc2ccc(Cl)cc2Br)CCCC1. The second-order valence-corrected chi connectivity index (χ2v) is 6.76. The number of hydrogen-bond donors (Lipinski definition) is 1. The van der Waals surface area contributed by atoms with Gasteiger partial charge in [0.25, 0.3) is 5.91 Å². The van der Waals surface area contributed by atoms with E-state index < -0.39 is 24.0 Å². The van der Waals surface area contributed by atoms with Crippen molar-refractivity contribution in [3.8, 4) is 11.8 Å². The van der Waals surface area contributed by atoms with Crippen molar-refractivity contribution in [2.45, 2.75) is 31.2 Å². The van der Waals surface area contributed by atoms with Gasteiger partial charge < -0.3 is 14.8 Å². The van der Waals surface area contributed by atoms with Gasteiger partial charge in [0, 0.05) is 5.02 Å². The number of benzene rings is 1. The van der Waals surface area contributed by atoms with Crippen molar-refractivity contribution in [2.75, 3.05) is 13.2 Å². The molecule has 1 saturated carbocycles. The van der Waals surface area contributed by atoms with Crippen LogP contribution in [0.3, 0.4) is 0 Å². The van der Waals surface area contributed by atoms with Crippen molar-refractivity contribution < 1.29 is 19.1 Å². The van der Waals surface area contributed by atoms with Crippen LogP contribution in [0.15, 0.2) is 22.7 Å². The van der Waals surface area contributed by atoms with Crippen LogP contribution in [0.5, 0.6) is 5.75 Å². The molecule has 0 unspecified atom stereocenters. The maximum atomic E-state index is 11.8. The summed E-state index contributed by atoms with van der Waals surface area (Å²) >= 11 is 9.08. The average Bonchev–Trinajstić information content (AvgIpc) is 3.01. The molecule has 6 nitrogen and oxygen atoms in total. The normalized spacial score (nSPS) is 15.4. The molecule has 0 aromatic heterocycles. The molecule has 0 bridgehead atoms. The van der Waals surface area contributed by atoms with Crippen LogP contribution in [0, 0.1) is 11.3 Å². The van der Waals surface area contributed by atoms with E-state index >= 15 is 0 Å². The van der Waals surface area contributed by atoms with Crippen LogP contribution < -0.4 is 10.1 Å². The van der Waals surface area contributed by atoms with Gasteiger partial charge in [-0.1, -0.05) is 11.6 Å². The van der Waals surface area contributed by atoms with Crippen molar-refractivity contribution >= 4 is 39.4 Å². The van der Waals surface area contributed by atoms with Crippen LogP contribution in [0.1, 0.15) is 25.7 Å². The number of ether oxygens (including phenoxy) is 2. The fraction of sp³-hybridized carbons (Fsp3) is 0.438. The maximum absolute atomic E-state index is 11.8. The van der Waals surface area contributed by atoms with Gasteiger partial charge >= 0.3 is 5.97 Å². The Labute approximate surface area is 153 Å². The number of carbonyl (C=O) groups is 2. The summed E-state index contributed by atoms with van der Waals surface area (Å²) in [6, 6.07) is 7.02. The Balaban J connectivity index is 1.74. The smallest absolute Gasteiger partial charge is 0.344 e. The van der Waals surface area contributed by atoms with Gasteiger partial charge in [0.2, 0.25) is 0 Å². The van der Waals surface area contributed by atoms with Gasteiger partial charge in [-0.15, -0.1) is 0 Å². The Hall–Kier alpha value is -1.78.